The number of nitrogens with zero attached hydrogens (tertiary/aromatic N) is 1. The summed E-state index contributed by atoms with van der Waals surface area (Å²) in [5.74, 6) is 2.48. The van der Waals surface area contributed by atoms with Gasteiger partial charge < -0.3 is 5.73 Å². The molecule has 2 N–H and O–H groups in total. The summed E-state index contributed by atoms with van der Waals surface area (Å²) >= 11 is 6.96. The van der Waals surface area contributed by atoms with E-state index in [-0.39, 0.29) is 0 Å². The van der Waals surface area contributed by atoms with E-state index in [0.717, 1.165) is 6.42 Å². The summed E-state index contributed by atoms with van der Waals surface area (Å²) in [6.45, 7) is 5.67. The average molecular weight is 218 g/mol. The van der Waals surface area contributed by atoms with Crippen LogP contribution in [-0.4, -0.2) is 40.0 Å². The van der Waals surface area contributed by atoms with Crippen LogP contribution in [0.15, 0.2) is 0 Å². The van der Waals surface area contributed by atoms with Crippen molar-refractivity contribution in [1.29, 1.82) is 0 Å². The van der Waals surface area contributed by atoms with Gasteiger partial charge in [-0.15, -0.1) is 0 Å². The second-order valence-corrected chi connectivity index (χ2v) is 5.36. The van der Waals surface area contributed by atoms with Gasteiger partial charge in [-0.3, -0.25) is 4.90 Å². The maximum absolute atomic E-state index is 5.55. The standard InChI is InChI=1S/C9H18N2S2/c1-7(5-9(10)12)11-3-4-13-6-8(11)2/h7-8H,3-6H2,1-2H3,(H2,10,12). The summed E-state index contributed by atoms with van der Waals surface area (Å²) in [6, 6.07) is 1.18. The van der Waals surface area contributed by atoms with Gasteiger partial charge in [0.15, 0.2) is 0 Å². The fourth-order valence-electron chi connectivity index (χ4n) is 1.80. The van der Waals surface area contributed by atoms with Crippen LogP contribution < -0.4 is 5.73 Å². The first kappa shape index (κ1) is 11.3. The maximum atomic E-state index is 5.55. The van der Waals surface area contributed by atoms with Crippen molar-refractivity contribution < 1.29 is 0 Å². The van der Waals surface area contributed by atoms with E-state index in [4.69, 9.17) is 18.0 Å². The van der Waals surface area contributed by atoms with Gasteiger partial charge in [0, 0.05) is 36.6 Å². The minimum Gasteiger partial charge on any atom is -0.393 e. The van der Waals surface area contributed by atoms with Crippen molar-refractivity contribution in [1.82, 2.24) is 4.90 Å². The molecule has 0 saturated carbocycles. The highest BCUT2D eigenvalue weighted by Gasteiger charge is 2.23. The van der Waals surface area contributed by atoms with E-state index in [9.17, 15) is 0 Å². The van der Waals surface area contributed by atoms with E-state index in [1.165, 1.54) is 18.1 Å². The number of rotatable bonds is 3. The van der Waals surface area contributed by atoms with E-state index in [1.807, 2.05) is 11.8 Å². The van der Waals surface area contributed by atoms with E-state index >= 15 is 0 Å². The molecule has 0 spiro atoms. The SMILES string of the molecule is CC1CSCCN1C(C)CC(N)=S. The van der Waals surface area contributed by atoms with Crippen LogP contribution in [0.2, 0.25) is 0 Å². The minimum atomic E-state index is 0.508. The van der Waals surface area contributed by atoms with Gasteiger partial charge in [-0.1, -0.05) is 12.2 Å². The van der Waals surface area contributed by atoms with Crippen LogP contribution in [0.1, 0.15) is 20.3 Å². The first-order valence-corrected chi connectivity index (χ1v) is 6.29. The lowest BCUT2D eigenvalue weighted by Gasteiger charge is -2.37. The fourth-order valence-corrected chi connectivity index (χ4v) is 3.08. The van der Waals surface area contributed by atoms with Gasteiger partial charge in [0.05, 0.1) is 4.99 Å². The maximum Gasteiger partial charge on any atom is 0.0742 e. The number of thioether (sulfide) groups is 1. The van der Waals surface area contributed by atoms with Gasteiger partial charge in [-0.05, 0) is 13.8 Å². The Labute approximate surface area is 90.2 Å². The topological polar surface area (TPSA) is 29.3 Å². The Morgan fingerprint density at radius 3 is 3.00 bits per heavy atom. The Bertz CT molecular complexity index is 184. The highest BCUT2D eigenvalue weighted by atomic mass is 32.2. The van der Waals surface area contributed by atoms with Crippen LogP contribution in [0.25, 0.3) is 0 Å². The molecule has 2 nitrogen and oxygen atoms in total. The van der Waals surface area contributed by atoms with Crippen molar-refractivity contribution in [3.05, 3.63) is 0 Å². The first-order valence-electron chi connectivity index (χ1n) is 4.73. The zero-order chi connectivity index (χ0) is 9.84. The minimum absolute atomic E-state index is 0.508. The molecule has 1 heterocycles. The summed E-state index contributed by atoms with van der Waals surface area (Å²) in [4.78, 5) is 3.15. The van der Waals surface area contributed by atoms with Crippen molar-refractivity contribution in [2.24, 2.45) is 5.73 Å². The summed E-state index contributed by atoms with van der Waals surface area (Å²) in [6.07, 6.45) is 0.852. The van der Waals surface area contributed by atoms with E-state index in [2.05, 4.69) is 18.7 Å². The van der Waals surface area contributed by atoms with Gasteiger partial charge in [0.25, 0.3) is 0 Å². The Morgan fingerprint density at radius 1 is 1.77 bits per heavy atom. The lowest BCUT2D eigenvalue weighted by atomic mass is 10.1. The molecule has 13 heavy (non-hydrogen) atoms. The van der Waals surface area contributed by atoms with Gasteiger partial charge in [0.2, 0.25) is 0 Å². The zero-order valence-electron chi connectivity index (χ0n) is 8.32. The molecule has 0 aromatic carbocycles. The number of nitrogens with two attached hydrogens (primary N) is 1. The monoisotopic (exact) mass is 218 g/mol. The molecule has 0 amide bonds. The predicted octanol–water partition coefficient (Wildman–Crippen LogP) is 1.49. The van der Waals surface area contributed by atoms with Crippen molar-refractivity contribution in [2.45, 2.75) is 32.4 Å². The molecule has 1 rings (SSSR count). The van der Waals surface area contributed by atoms with Crippen LogP contribution in [0, 0.1) is 0 Å². The zero-order valence-corrected chi connectivity index (χ0v) is 9.96. The number of thiocarbonyl (C=S) groups is 1. The fraction of sp³-hybridized carbons (Fsp3) is 0.889. The van der Waals surface area contributed by atoms with Crippen molar-refractivity contribution in [2.75, 3.05) is 18.1 Å². The summed E-state index contributed by atoms with van der Waals surface area (Å²) < 4.78 is 0. The smallest absolute Gasteiger partial charge is 0.0742 e. The molecule has 0 bridgehead atoms. The van der Waals surface area contributed by atoms with Crippen LogP contribution >= 0.6 is 24.0 Å². The second-order valence-electron chi connectivity index (χ2n) is 3.68. The molecule has 0 aromatic heterocycles. The highest BCUT2D eigenvalue weighted by molar-refractivity contribution is 7.99. The van der Waals surface area contributed by atoms with Crippen LogP contribution in [0.5, 0.6) is 0 Å². The van der Waals surface area contributed by atoms with E-state index in [0.29, 0.717) is 17.1 Å². The molecule has 0 aromatic rings. The third-order valence-corrected chi connectivity index (χ3v) is 3.84. The Balaban J connectivity index is 2.43. The highest BCUT2D eigenvalue weighted by Crippen LogP contribution is 2.19. The number of hydrogen-bond acceptors (Lipinski definition) is 3. The second kappa shape index (κ2) is 5.17. The molecule has 1 aliphatic rings. The molecule has 76 valence electrons. The molecule has 0 aliphatic carbocycles. The quantitative estimate of drug-likeness (QED) is 0.727. The Morgan fingerprint density at radius 2 is 2.46 bits per heavy atom. The van der Waals surface area contributed by atoms with Crippen molar-refractivity contribution >= 4 is 29.0 Å². The molecular weight excluding hydrogens is 200 g/mol. The van der Waals surface area contributed by atoms with Crippen LogP contribution in [-0.2, 0) is 0 Å². The Kier molecular flexibility index (Phi) is 4.49. The third-order valence-electron chi connectivity index (χ3n) is 2.48. The molecule has 1 saturated heterocycles. The first-order chi connectivity index (χ1) is 6.11. The molecule has 2 unspecified atom stereocenters. The molecule has 4 heteroatoms. The van der Waals surface area contributed by atoms with Gasteiger partial charge in [0.1, 0.15) is 0 Å². The lowest BCUT2D eigenvalue weighted by molar-refractivity contribution is 0.177. The largest absolute Gasteiger partial charge is 0.393 e. The normalized spacial score (nSPS) is 27.1. The summed E-state index contributed by atoms with van der Waals surface area (Å²) in [5, 5.41) is 0. The Hall–Kier alpha value is 0.200. The van der Waals surface area contributed by atoms with E-state index in [1.54, 1.807) is 0 Å². The average Bonchev–Trinajstić information content (AvgIpc) is 2.03. The van der Waals surface area contributed by atoms with Crippen LogP contribution in [0.4, 0.5) is 0 Å². The van der Waals surface area contributed by atoms with Crippen molar-refractivity contribution in [3.8, 4) is 0 Å². The van der Waals surface area contributed by atoms with Crippen LogP contribution in [0.3, 0.4) is 0 Å². The van der Waals surface area contributed by atoms with Gasteiger partial charge >= 0.3 is 0 Å². The molecule has 2 atom stereocenters. The molecule has 1 aliphatic heterocycles. The lowest BCUT2D eigenvalue weighted by Crippen LogP contribution is -2.46. The summed E-state index contributed by atoms with van der Waals surface area (Å²) in [7, 11) is 0. The predicted molar refractivity (Wildman–Crippen MR) is 64.4 cm³/mol. The van der Waals surface area contributed by atoms with Gasteiger partial charge in [-0.2, -0.15) is 11.8 Å². The van der Waals surface area contributed by atoms with E-state index < -0.39 is 0 Å². The van der Waals surface area contributed by atoms with Crippen molar-refractivity contribution in [3.63, 3.8) is 0 Å². The third kappa shape index (κ3) is 3.44. The van der Waals surface area contributed by atoms with Gasteiger partial charge in [-0.25, -0.2) is 0 Å². The summed E-state index contributed by atoms with van der Waals surface area (Å²) in [5.41, 5.74) is 5.55. The molecule has 1 fully saturated rings. The molecule has 0 radical (unpaired) electrons. The number of hydrogen-bond donors (Lipinski definition) is 1. The molecular formula is C9H18N2S2.